The van der Waals surface area contributed by atoms with Crippen LogP contribution in [-0.4, -0.2) is 14.5 Å². The summed E-state index contributed by atoms with van der Waals surface area (Å²) in [5.41, 5.74) is 0.895. The lowest BCUT2D eigenvalue weighted by molar-refractivity contribution is 0.0989. The van der Waals surface area contributed by atoms with E-state index >= 15 is 0 Å². The molecule has 0 fully saturated rings. The Morgan fingerprint density at radius 2 is 2.31 bits per heavy atom. The van der Waals surface area contributed by atoms with Crippen molar-refractivity contribution < 1.29 is 9.18 Å². The molecule has 0 saturated heterocycles. The molecule has 0 N–H and O–H groups in total. The second kappa shape index (κ2) is 4.67. The Hall–Kier alpha value is -1.33. The SMILES string of the molecule is O=C(Cc1ccc(F)cc1Cl)c1cnsn1. The quantitative estimate of drug-likeness (QED) is 0.793. The summed E-state index contributed by atoms with van der Waals surface area (Å²) in [5.74, 6) is -0.598. The van der Waals surface area contributed by atoms with Crippen LogP contribution in [0.15, 0.2) is 24.4 Å². The molecule has 82 valence electrons. The van der Waals surface area contributed by atoms with Gasteiger partial charge in [0.1, 0.15) is 11.5 Å². The van der Waals surface area contributed by atoms with E-state index in [1.54, 1.807) is 0 Å². The highest BCUT2D eigenvalue weighted by atomic mass is 35.5. The van der Waals surface area contributed by atoms with E-state index in [9.17, 15) is 9.18 Å². The molecule has 0 bridgehead atoms. The summed E-state index contributed by atoms with van der Waals surface area (Å²) < 4.78 is 20.3. The van der Waals surface area contributed by atoms with Gasteiger partial charge in [-0.05, 0) is 17.7 Å². The highest BCUT2D eigenvalue weighted by molar-refractivity contribution is 6.99. The molecular weight excluding hydrogens is 251 g/mol. The standard InChI is InChI=1S/C10H6ClFN2OS/c11-8-4-7(12)2-1-6(8)3-10(15)9-5-13-16-14-9/h1-2,4-5H,3H2. The molecular formula is C10H6ClFN2OS. The van der Waals surface area contributed by atoms with Gasteiger partial charge in [-0.2, -0.15) is 8.75 Å². The van der Waals surface area contributed by atoms with Gasteiger partial charge in [0.15, 0.2) is 5.78 Å². The van der Waals surface area contributed by atoms with Crippen molar-refractivity contribution in [3.8, 4) is 0 Å². The van der Waals surface area contributed by atoms with Crippen LogP contribution >= 0.6 is 23.3 Å². The third-order valence-electron chi connectivity index (χ3n) is 2.01. The molecule has 0 atom stereocenters. The van der Waals surface area contributed by atoms with Crippen molar-refractivity contribution in [3.05, 3.63) is 46.5 Å². The zero-order valence-electron chi connectivity index (χ0n) is 7.98. The number of rotatable bonds is 3. The fraction of sp³-hybridized carbons (Fsp3) is 0.100. The van der Waals surface area contributed by atoms with Gasteiger partial charge in [0, 0.05) is 11.4 Å². The van der Waals surface area contributed by atoms with Crippen molar-refractivity contribution >= 4 is 29.1 Å². The molecule has 16 heavy (non-hydrogen) atoms. The van der Waals surface area contributed by atoms with Crippen LogP contribution in [0.2, 0.25) is 5.02 Å². The van der Waals surface area contributed by atoms with Gasteiger partial charge in [-0.1, -0.05) is 17.7 Å². The maximum atomic E-state index is 12.8. The van der Waals surface area contributed by atoms with E-state index in [0.29, 0.717) is 11.3 Å². The van der Waals surface area contributed by atoms with Crippen molar-refractivity contribution in [1.29, 1.82) is 0 Å². The number of halogens is 2. The topological polar surface area (TPSA) is 42.9 Å². The minimum atomic E-state index is -0.420. The van der Waals surface area contributed by atoms with Gasteiger partial charge in [0.2, 0.25) is 0 Å². The first-order chi connectivity index (χ1) is 7.66. The average Bonchev–Trinajstić information content (AvgIpc) is 2.75. The Kier molecular flexibility index (Phi) is 3.26. The van der Waals surface area contributed by atoms with Gasteiger partial charge >= 0.3 is 0 Å². The lowest BCUT2D eigenvalue weighted by Crippen LogP contribution is -2.04. The van der Waals surface area contributed by atoms with E-state index in [2.05, 4.69) is 8.75 Å². The summed E-state index contributed by atoms with van der Waals surface area (Å²) in [6.45, 7) is 0. The fourth-order valence-corrected chi connectivity index (χ4v) is 1.88. The first-order valence-electron chi connectivity index (χ1n) is 4.41. The predicted octanol–water partition coefficient (Wildman–Crippen LogP) is 2.76. The monoisotopic (exact) mass is 256 g/mol. The van der Waals surface area contributed by atoms with Crippen LogP contribution in [0, 0.1) is 5.82 Å². The molecule has 6 heteroatoms. The largest absolute Gasteiger partial charge is 0.292 e. The molecule has 2 rings (SSSR count). The predicted molar refractivity (Wildman–Crippen MR) is 59.4 cm³/mol. The number of carbonyl (C=O) groups is 1. The van der Waals surface area contributed by atoms with Crippen molar-refractivity contribution in [2.75, 3.05) is 0 Å². The highest BCUT2D eigenvalue weighted by Gasteiger charge is 2.12. The summed E-state index contributed by atoms with van der Waals surface area (Å²) in [7, 11) is 0. The number of hydrogen-bond acceptors (Lipinski definition) is 4. The van der Waals surface area contributed by atoms with E-state index in [0.717, 1.165) is 11.7 Å². The van der Waals surface area contributed by atoms with Crippen LogP contribution in [0.4, 0.5) is 4.39 Å². The average molecular weight is 257 g/mol. The summed E-state index contributed by atoms with van der Waals surface area (Å²) in [6, 6.07) is 3.95. The number of nitrogens with zero attached hydrogens (tertiary/aromatic N) is 2. The second-order valence-corrected chi connectivity index (χ2v) is 4.09. The van der Waals surface area contributed by atoms with Gasteiger partial charge in [-0.25, -0.2) is 4.39 Å². The van der Waals surface area contributed by atoms with E-state index in [-0.39, 0.29) is 17.2 Å². The number of hydrogen-bond donors (Lipinski definition) is 0. The Labute approximate surface area is 100 Å². The molecule has 0 aliphatic rings. The second-order valence-electron chi connectivity index (χ2n) is 3.13. The number of carbonyl (C=O) groups excluding carboxylic acids is 1. The highest BCUT2D eigenvalue weighted by Crippen LogP contribution is 2.18. The molecule has 0 radical (unpaired) electrons. The molecule has 2 aromatic rings. The van der Waals surface area contributed by atoms with Crippen LogP contribution in [0.5, 0.6) is 0 Å². The summed E-state index contributed by atoms with van der Waals surface area (Å²) >= 11 is 6.78. The van der Waals surface area contributed by atoms with E-state index in [1.807, 2.05) is 0 Å². The molecule has 0 spiro atoms. The van der Waals surface area contributed by atoms with Gasteiger partial charge in [-0.15, -0.1) is 0 Å². The maximum absolute atomic E-state index is 12.8. The van der Waals surface area contributed by atoms with Crippen molar-refractivity contribution in [2.45, 2.75) is 6.42 Å². The first kappa shape index (κ1) is 11.2. The van der Waals surface area contributed by atoms with Crippen molar-refractivity contribution in [1.82, 2.24) is 8.75 Å². The molecule has 0 unspecified atom stereocenters. The Morgan fingerprint density at radius 3 is 2.94 bits per heavy atom. The van der Waals surface area contributed by atoms with Crippen LogP contribution in [0.1, 0.15) is 16.1 Å². The molecule has 0 aliphatic heterocycles. The van der Waals surface area contributed by atoms with Crippen LogP contribution in [-0.2, 0) is 6.42 Å². The Bertz CT molecular complexity index is 516. The van der Waals surface area contributed by atoms with E-state index in [1.165, 1.54) is 24.4 Å². The number of Topliss-reactive ketones (excluding diaryl/α,β-unsaturated/α-hetero) is 1. The van der Waals surface area contributed by atoms with Gasteiger partial charge in [0.25, 0.3) is 0 Å². The summed E-state index contributed by atoms with van der Waals surface area (Å²) in [5, 5.41) is 0.247. The third kappa shape index (κ3) is 2.43. The number of ketones is 1. The molecule has 0 aliphatic carbocycles. The smallest absolute Gasteiger partial charge is 0.188 e. The molecule has 0 saturated carbocycles. The lowest BCUT2D eigenvalue weighted by atomic mass is 10.1. The molecule has 3 nitrogen and oxygen atoms in total. The minimum absolute atomic E-state index is 0.102. The fourth-order valence-electron chi connectivity index (χ4n) is 1.22. The zero-order valence-corrected chi connectivity index (χ0v) is 9.56. The Morgan fingerprint density at radius 1 is 1.50 bits per heavy atom. The van der Waals surface area contributed by atoms with Crippen molar-refractivity contribution in [3.63, 3.8) is 0 Å². The third-order valence-corrected chi connectivity index (χ3v) is 2.84. The van der Waals surface area contributed by atoms with E-state index < -0.39 is 5.82 Å². The zero-order chi connectivity index (χ0) is 11.5. The van der Waals surface area contributed by atoms with Gasteiger partial charge < -0.3 is 0 Å². The molecule has 0 amide bonds. The molecule has 1 aromatic carbocycles. The summed E-state index contributed by atoms with van der Waals surface area (Å²) in [4.78, 5) is 11.7. The Balaban J connectivity index is 2.18. The molecule has 1 aromatic heterocycles. The first-order valence-corrected chi connectivity index (χ1v) is 5.52. The maximum Gasteiger partial charge on any atom is 0.188 e. The van der Waals surface area contributed by atoms with Crippen LogP contribution in [0.25, 0.3) is 0 Å². The number of benzene rings is 1. The lowest BCUT2D eigenvalue weighted by Gasteiger charge is -2.01. The van der Waals surface area contributed by atoms with Crippen LogP contribution < -0.4 is 0 Å². The van der Waals surface area contributed by atoms with E-state index in [4.69, 9.17) is 11.6 Å². The minimum Gasteiger partial charge on any atom is -0.292 e. The van der Waals surface area contributed by atoms with Crippen LogP contribution in [0.3, 0.4) is 0 Å². The van der Waals surface area contributed by atoms with Gasteiger partial charge in [-0.3, -0.25) is 4.79 Å². The van der Waals surface area contributed by atoms with Gasteiger partial charge in [0.05, 0.1) is 17.9 Å². The van der Waals surface area contributed by atoms with Crippen molar-refractivity contribution in [2.24, 2.45) is 0 Å². The summed E-state index contributed by atoms with van der Waals surface area (Å²) in [6.07, 6.45) is 1.51. The normalized spacial score (nSPS) is 10.4. The molecule has 1 heterocycles. The number of aromatic nitrogens is 2.